The van der Waals surface area contributed by atoms with Gasteiger partial charge in [0.25, 0.3) is 0 Å². The van der Waals surface area contributed by atoms with Gasteiger partial charge in [-0.1, -0.05) is 30.3 Å². The van der Waals surface area contributed by atoms with Gasteiger partial charge in [0.2, 0.25) is 5.89 Å². The highest BCUT2D eigenvalue weighted by Gasteiger charge is 2.28. The predicted molar refractivity (Wildman–Crippen MR) is 77.0 cm³/mol. The Hall–Kier alpha value is -2.29. The summed E-state index contributed by atoms with van der Waals surface area (Å²) < 4.78 is 5.88. The summed E-state index contributed by atoms with van der Waals surface area (Å²) in [5, 5.41) is 0. The van der Waals surface area contributed by atoms with Crippen molar-refractivity contribution in [1.29, 1.82) is 0 Å². The van der Waals surface area contributed by atoms with Crippen LogP contribution in [0.3, 0.4) is 0 Å². The van der Waals surface area contributed by atoms with Crippen LogP contribution in [0, 0.1) is 0 Å². The van der Waals surface area contributed by atoms with E-state index in [1.165, 1.54) is 5.56 Å². The fourth-order valence-corrected chi connectivity index (χ4v) is 2.19. The van der Waals surface area contributed by atoms with Crippen LogP contribution in [0.4, 0.5) is 5.69 Å². The number of nitrogens with zero attached hydrogens (tertiary/aromatic N) is 1. The smallest absolute Gasteiger partial charge is 0.205 e. The van der Waals surface area contributed by atoms with Crippen LogP contribution in [0.5, 0.6) is 0 Å². The van der Waals surface area contributed by atoms with Gasteiger partial charge in [-0.05, 0) is 31.5 Å². The lowest BCUT2D eigenvalue weighted by Crippen LogP contribution is -2.19. The summed E-state index contributed by atoms with van der Waals surface area (Å²) in [4.78, 5) is 4.58. The molecule has 0 bridgehead atoms. The summed E-state index contributed by atoms with van der Waals surface area (Å²) in [5.74, 6) is 0.708. The monoisotopic (exact) mass is 252 g/mol. The van der Waals surface area contributed by atoms with Crippen molar-refractivity contribution in [2.24, 2.45) is 0 Å². The zero-order chi connectivity index (χ0) is 13.5. The number of nitrogen functional groups attached to an aromatic ring is 1. The van der Waals surface area contributed by atoms with Crippen molar-refractivity contribution in [2.45, 2.75) is 19.3 Å². The Kier molecular flexibility index (Phi) is 2.56. The molecule has 19 heavy (non-hydrogen) atoms. The first kappa shape index (κ1) is 11.8. The summed E-state index contributed by atoms with van der Waals surface area (Å²) in [5.41, 5.74) is 8.94. The zero-order valence-electron chi connectivity index (χ0n) is 11.1. The molecule has 0 fully saturated rings. The van der Waals surface area contributed by atoms with E-state index in [1.54, 1.807) is 0 Å². The number of aromatic nitrogens is 1. The van der Waals surface area contributed by atoms with Crippen molar-refractivity contribution < 1.29 is 4.42 Å². The van der Waals surface area contributed by atoms with E-state index in [-0.39, 0.29) is 5.41 Å². The van der Waals surface area contributed by atoms with E-state index in [2.05, 4.69) is 31.0 Å². The molecule has 0 atom stereocenters. The average Bonchev–Trinajstić information content (AvgIpc) is 2.83. The average molecular weight is 252 g/mol. The van der Waals surface area contributed by atoms with Crippen molar-refractivity contribution in [3.8, 4) is 0 Å². The molecule has 0 aliphatic heterocycles. The molecule has 3 heteroatoms. The highest BCUT2D eigenvalue weighted by Crippen LogP contribution is 2.33. The molecule has 0 amide bonds. The second-order valence-corrected chi connectivity index (χ2v) is 5.24. The largest absolute Gasteiger partial charge is 0.440 e. The topological polar surface area (TPSA) is 52.0 Å². The molecule has 0 spiro atoms. The molecular formula is C16H16N2O. The first-order valence-corrected chi connectivity index (χ1v) is 6.29. The first-order chi connectivity index (χ1) is 9.07. The van der Waals surface area contributed by atoms with Crippen LogP contribution in [0.2, 0.25) is 0 Å². The van der Waals surface area contributed by atoms with Crippen molar-refractivity contribution in [3.63, 3.8) is 0 Å². The summed E-state index contributed by atoms with van der Waals surface area (Å²) in [7, 11) is 0. The Morgan fingerprint density at radius 2 is 1.79 bits per heavy atom. The number of hydrogen-bond donors (Lipinski definition) is 1. The molecule has 0 aliphatic rings. The third-order valence-corrected chi connectivity index (χ3v) is 3.44. The van der Waals surface area contributed by atoms with Gasteiger partial charge in [0.05, 0.1) is 5.41 Å². The molecule has 96 valence electrons. The van der Waals surface area contributed by atoms with Gasteiger partial charge in [-0.3, -0.25) is 0 Å². The zero-order valence-corrected chi connectivity index (χ0v) is 11.1. The van der Waals surface area contributed by atoms with E-state index in [1.807, 2.05) is 36.4 Å². The molecule has 0 aliphatic carbocycles. The van der Waals surface area contributed by atoms with Crippen LogP contribution < -0.4 is 5.73 Å². The van der Waals surface area contributed by atoms with E-state index in [0.29, 0.717) is 11.6 Å². The molecule has 1 heterocycles. The molecule has 0 unspecified atom stereocenters. The van der Waals surface area contributed by atoms with Crippen LogP contribution in [0.1, 0.15) is 25.3 Å². The fraction of sp³-hybridized carbons (Fsp3) is 0.188. The van der Waals surface area contributed by atoms with Crippen LogP contribution in [-0.4, -0.2) is 4.98 Å². The van der Waals surface area contributed by atoms with Crippen molar-refractivity contribution in [3.05, 3.63) is 60.0 Å². The lowest BCUT2D eigenvalue weighted by atomic mass is 9.84. The molecular weight excluding hydrogens is 236 g/mol. The third-order valence-electron chi connectivity index (χ3n) is 3.44. The SMILES string of the molecule is CC(C)(c1ccccc1)c1nc2ccc(N)cc2o1. The Balaban J connectivity index is 2.13. The third kappa shape index (κ3) is 1.97. The summed E-state index contributed by atoms with van der Waals surface area (Å²) in [6, 6.07) is 15.8. The quantitative estimate of drug-likeness (QED) is 0.707. The maximum Gasteiger partial charge on any atom is 0.205 e. The van der Waals surface area contributed by atoms with Gasteiger partial charge in [-0.25, -0.2) is 4.98 Å². The van der Waals surface area contributed by atoms with E-state index in [0.717, 1.165) is 11.1 Å². The second-order valence-electron chi connectivity index (χ2n) is 5.24. The maximum atomic E-state index is 5.88. The highest BCUT2D eigenvalue weighted by atomic mass is 16.3. The Morgan fingerprint density at radius 1 is 1.05 bits per heavy atom. The molecule has 0 radical (unpaired) electrons. The summed E-state index contributed by atoms with van der Waals surface area (Å²) in [6.45, 7) is 4.22. The van der Waals surface area contributed by atoms with E-state index < -0.39 is 0 Å². The number of oxazole rings is 1. The van der Waals surface area contributed by atoms with Crippen LogP contribution >= 0.6 is 0 Å². The van der Waals surface area contributed by atoms with Gasteiger partial charge < -0.3 is 10.2 Å². The molecule has 0 saturated heterocycles. The van der Waals surface area contributed by atoms with Gasteiger partial charge in [-0.15, -0.1) is 0 Å². The van der Waals surface area contributed by atoms with Crippen molar-refractivity contribution in [2.75, 3.05) is 5.73 Å². The minimum absolute atomic E-state index is 0.269. The van der Waals surface area contributed by atoms with E-state index in [9.17, 15) is 0 Å². The standard InChI is InChI=1S/C16H16N2O/c1-16(2,11-6-4-3-5-7-11)15-18-13-9-8-12(17)10-14(13)19-15/h3-10H,17H2,1-2H3. The highest BCUT2D eigenvalue weighted by molar-refractivity contribution is 5.76. The first-order valence-electron chi connectivity index (χ1n) is 6.29. The van der Waals surface area contributed by atoms with Gasteiger partial charge in [0.1, 0.15) is 5.52 Å². The molecule has 3 nitrogen and oxygen atoms in total. The van der Waals surface area contributed by atoms with Crippen molar-refractivity contribution in [1.82, 2.24) is 4.98 Å². The Labute approximate surface area is 112 Å². The number of anilines is 1. The van der Waals surface area contributed by atoms with Crippen LogP contribution in [0.15, 0.2) is 52.9 Å². The van der Waals surface area contributed by atoms with Gasteiger partial charge in [0.15, 0.2) is 5.58 Å². The van der Waals surface area contributed by atoms with E-state index >= 15 is 0 Å². The molecule has 1 aromatic heterocycles. The van der Waals surface area contributed by atoms with E-state index in [4.69, 9.17) is 10.2 Å². The lowest BCUT2D eigenvalue weighted by molar-refractivity contribution is 0.433. The normalized spacial score (nSPS) is 11.9. The van der Waals surface area contributed by atoms with Gasteiger partial charge in [0, 0.05) is 11.8 Å². The number of fused-ring (bicyclic) bond motifs is 1. The lowest BCUT2D eigenvalue weighted by Gasteiger charge is -2.20. The maximum absolute atomic E-state index is 5.88. The number of nitrogens with two attached hydrogens (primary N) is 1. The van der Waals surface area contributed by atoms with Gasteiger partial charge >= 0.3 is 0 Å². The summed E-state index contributed by atoms with van der Waals surface area (Å²) >= 11 is 0. The second kappa shape index (κ2) is 4.12. The number of hydrogen-bond acceptors (Lipinski definition) is 3. The minimum atomic E-state index is -0.269. The Bertz CT molecular complexity index is 714. The fourth-order valence-electron chi connectivity index (χ4n) is 2.19. The Morgan fingerprint density at radius 3 is 2.53 bits per heavy atom. The molecule has 0 saturated carbocycles. The van der Waals surface area contributed by atoms with Crippen LogP contribution in [0.25, 0.3) is 11.1 Å². The molecule has 3 rings (SSSR count). The number of rotatable bonds is 2. The molecule has 3 aromatic rings. The summed E-state index contributed by atoms with van der Waals surface area (Å²) in [6.07, 6.45) is 0. The minimum Gasteiger partial charge on any atom is -0.440 e. The predicted octanol–water partition coefficient (Wildman–Crippen LogP) is 3.74. The molecule has 2 N–H and O–H groups in total. The number of benzene rings is 2. The van der Waals surface area contributed by atoms with Crippen molar-refractivity contribution >= 4 is 16.8 Å². The van der Waals surface area contributed by atoms with Gasteiger partial charge in [-0.2, -0.15) is 0 Å². The molecule has 2 aromatic carbocycles. The van der Waals surface area contributed by atoms with Crippen LogP contribution in [-0.2, 0) is 5.41 Å².